The van der Waals surface area contributed by atoms with Crippen molar-refractivity contribution in [1.82, 2.24) is 15.0 Å². The van der Waals surface area contributed by atoms with Gasteiger partial charge in [-0.1, -0.05) is 46.6 Å². The Bertz CT molecular complexity index is 755. The molecule has 0 bridgehead atoms. The van der Waals surface area contributed by atoms with Crippen LogP contribution in [0, 0.1) is 0 Å². The van der Waals surface area contributed by atoms with Crippen LogP contribution in [0.25, 0.3) is 5.69 Å². The van der Waals surface area contributed by atoms with Gasteiger partial charge in [0.2, 0.25) is 0 Å². The highest BCUT2D eigenvalue weighted by Crippen LogP contribution is 2.29. The summed E-state index contributed by atoms with van der Waals surface area (Å²) in [5, 5.41) is 9.20. The van der Waals surface area contributed by atoms with Crippen LogP contribution in [-0.2, 0) is 0 Å². The summed E-state index contributed by atoms with van der Waals surface area (Å²) in [6.45, 7) is 0. The van der Waals surface area contributed by atoms with Crippen molar-refractivity contribution in [2.75, 3.05) is 0 Å². The SMILES string of the molecule is NC(c1cc(Cl)ccc1Cl)c1cnnn1-c1ccccc1. The molecule has 1 unspecified atom stereocenters. The van der Waals surface area contributed by atoms with Gasteiger partial charge < -0.3 is 5.73 Å². The number of halogens is 2. The van der Waals surface area contributed by atoms with Crippen LogP contribution in [0.15, 0.2) is 54.7 Å². The summed E-state index contributed by atoms with van der Waals surface area (Å²) < 4.78 is 1.70. The lowest BCUT2D eigenvalue weighted by atomic mass is 10.0. The van der Waals surface area contributed by atoms with Crippen molar-refractivity contribution in [1.29, 1.82) is 0 Å². The average molecular weight is 319 g/mol. The maximum atomic E-state index is 6.32. The molecule has 0 aliphatic rings. The van der Waals surface area contributed by atoms with E-state index in [0.29, 0.717) is 10.0 Å². The Labute approximate surface area is 132 Å². The molecule has 21 heavy (non-hydrogen) atoms. The van der Waals surface area contributed by atoms with Gasteiger partial charge in [0.05, 0.1) is 23.6 Å². The highest BCUT2D eigenvalue weighted by molar-refractivity contribution is 6.33. The van der Waals surface area contributed by atoms with E-state index in [1.807, 2.05) is 30.3 Å². The van der Waals surface area contributed by atoms with Crippen molar-refractivity contribution in [2.45, 2.75) is 6.04 Å². The van der Waals surface area contributed by atoms with Gasteiger partial charge in [0.15, 0.2) is 0 Å². The Balaban J connectivity index is 2.06. The predicted molar refractivity (Wildman–Crippen MR) is 83.9 cm³/mol. The fourth-order valence-corrected chi connectivity index (χ4v) is 2.55. The zero-order valence-corrected chi connectivity index (χ0v) is 12.5. The molecule has 1 atom stereocenters. The van der Waals surface area contributed by atoms with Crippen molar-refractivity contribution in [2.24, 2.45) is 5.73 Å². The Morgan fingerprint density at radius 1 is 1.05 bits per heavy atom. The topological polar surface area (TPSA) is 56.7 Å². The van der Waals surface area contributed by atoms with E-state index in [4.69, 9.17) is 28.9 Å². The van der Waals surface area contributed by atoms with Crippen molar-refractivity contribution >= 4 is 23.2 Å². The van der Waals surface area contributed by atoms with E-state index in [-0.39, 0.29) is 0 Å². The summed E-state index contributed by atoms with van der Waals surface area (Å²) in [6, 6.07) is 14.4. The highest BCUT2D eigenvalue weighted by atomic mass is 35.5. The first-order chi connectivity index (χ1) is 10.2. The second kappa shape index (κ2) is 5.85. The van der Waals surface area contributed by atoms with E-state index < -0.39 is 6.04 Å². The second-order valence-corrected chi connectivity index (χ2v) is 5.39. The molecule has 3 aromatic rings. The lowest BCUT2D eigenvalue weighted by Gasteiger charge is -2.15. The minimum atomic E-state index is -0.466. The third kappa shape index (κ3) is 2.78. The summed E-state index contributed by atoms with van der Waals surface area (Å²) in [4.78, 5) is 0. The minimum absolute atomic E-state index is 0.466. The lowest BCUT2D eigenvalue weighted by Crippen LogP contribution is -2.17. The summed E-state index contributed by atoms with van der Waals surface area (Å²) in [5.74, 6) is 0. The molecule has 6 heteroatoms. The van der Waals surface area contributed by atoms with Crippen LogP contribution in [0.1, 0.15) is 17.3 Å². The zero-order chi connectivity index (χ0) is 14.8. The number of nitrogens with zero attached hydrogens (tertiary/aromatic N) is 3. The fraction of sp³-hybridized carbons (Fsp3) is 0.0667. The predicted octanol–water partition coefficient (Wildman–Crippen LogP) is 3.62. The molecule has 0 saturated carbocycles. The van der Waals surface area contributed by atoms with Gasteiger partial charge in [0.25, 0.3) is 0 Å². The molecule has 0 aliphatic carbocycles. The van der Waals surface area contributed by atoms with E-state index in [2.05, 4.69) is 10.3 Å². The van der Waals surface area contributed by atoms with Gasteiger partial charge in [-0.2, -0.15) is 0 Å². The van der Waals surface area contributed by atoms with Gasteiger partial charge in [-0.3, -0.25) is 0 Å². The van der Waals surface area contributed by atoms with E-state index in [1.165, 1.54) is 0 Å². The van der Waals surface area contributed by atoms with Crippen LogP contribution < -0.4 is 5.73 Å². The smallest absolute Gasteiger partial charge is 0.0858 e. The molecule has 1 aromatic heterocycles. The molecule has 2 N–H and O–H groups in total. The molecule has 0 spiro atoms. The molecule has 106 valence electrons. The lowest BCUT2D eigenvalue weighted by molar-refractivity contribution is 0.720. The number of hydrogen-bond donors (Lipinski definition) is 1. The number of nitrogens with two attached hydrogens (primary N) is 1. The molecule has 2 aromatic carbocycles. The number of rotatable bonds is 3. The van der Waals surface area contributed by atoms with E-state index >= 15 is 0 Å². The maximum absolute atomic E-state index is 6.32. The Morgan fingerprint density at radius 3 is 2.57 bits per heavy atom. The molecule has 4 nitrogen and oxygen atoms in total. The second-order valence-electron chi connectivity index (χ2n) is 4.55. The van der Waals surface area contributed by atoms with Crippen molar-refractivity contribution in [3.8, 4) is 5.69 Å². The van der Waals surface area contributed by atoms with Crippen LogP contribution in [0.3, 0.4) is 0 Å². The summed E-state index contributed by atoms with van der Waals surface area (Å²) >= 11 is 12.2. The first-order valence-corrected chi connectivity index (χ1v) is 7.09. The zero-order valence-electron chi connectivity index (χ0n) is 10.9. The molecular formula is C15H12Cl2N4. The largest absolute Gasteiger partial charge is 0.319 e. The molecular weight excluding hydrogens is 307 g/mol. The van der Waals surface area contributed by atoms with Crippen LogP contribution in [0.4, 0.5) is 0 Å². The Kier molecular flexibility index (Phi) is 3.92. The third-order valence-electron chi connectivity index (χ3n) is 3.19. The van der Waals surface area contributed by atoms with Crippen LogP contribution in [0.2, 0.25) is 10.0 Å². The standard InChI is InChI=1S/C15H12Cl2N4/c16-10-6-7-13(17)12(8-10)15(18)14-9-19-20-21(14)11-4-2-1-3-5-11/h1-9,15H,18H2. The van der Waals surface area contributed by atoms with E-state index in [0.717, 1.165) is 16.9 Å². The molecule has 0 saturated heterocycles. The van der Waals surface area contributed by atoms with Crippen molar-refractivity contribution < 1.29 is 0 Å². The van der Waals surface area contributed by atoms with Gasteiger partial charge in [0, 0.05) is 10.0 Å². The van der Waals surface area contributed by atoms with Crippen LogP contribution in [-0.4, -0.2) is 15.0 Å². The van der Waals surface area contributed by atoms with Gasteiger partial charge in [-0.25, -0.2) is 4.68 Å². The van der Waals surface area contributed by atoms with E-state index in [9.17, 15) is 0 Å². The van der Waals surface area contributed by atoms with Gasteiger partial charge >= 0.3 is 0 Å². The van der Waals surface area contributed by atoms with Crippen LogP contribution >= 0.6 is 23.2 Å². The quantitative estimate of drug-likeness (QED) is 0.802. The molecule has 3 rings (SSSR count). The normalized spacial score (nSPS) is 12.3. The summed E-state index contributed by atoms with van der Waals surface area (Å²) in [5.41, 5.74) is 8.69. The van der Waals surface area contributed by atoms with Gasteiger partial charge in [0.1, 0.15) is 0 Å². The highest BCUT2D eigenvalue weighted by Gasteiger charge is 2.18. The molecule has 0 aliphatic heterocycles. The Hall–Kier alpha value is -1.88. The van der Waals surface area contributed by atoms with E-state index in [1.54, 1.807) is 29.1 Å². The fourth-order valence-electron chi connectivity index (χ4n) is 2.14. The number of benzene rings is 2. The molecule has 0 amide bonds. The monoisotopic (exact) mass is 318 g/mol. The van der Waals surface area contributed by atoms with Crippen molar-refractivity contribution in [3.63, 3.8) is 0 Å². The number of hydrogen-bond acceptors (Lipinski definition) is 3. The molecule has 1 heterocycles. The summed E-state index contributed by atoms with van der Waals surface area (Å²) in [6.07, 6.45) is 1.63. The van der Waals surface area contributed by atoms with Crippen LogP contribution in [0.5, 0.6) is 0 Å². The molecule has 0 radical (unpaired) electrons. The van der Waals surface area contributed by atoms with Crippen molar-refractivity contribution in [3.05, 3.63) is 76.0 Å². The third-order valence-corrected chi connectivity index (χ3v) is 3.77. The Morgan fingerprint density at radius 2 is 1.81 bits per heavy atom. The average Bonchev–Trinajstić information content (AvgIpc) is 2.99. The first-order valence-electron chi connectivity index (χ1n) is 6.33. The molecule has 0 fully saturated rings. The number of para-hydroxylation sites is 1. The summed E-state index contributed by atoms with van der Waals surface area (Å²) in [7, 11) is 0. The number of aromatic nitrogens is 3. The minimum Gasteiger partial charge on any atom is -0.319 e. The van der Waals surface area contributed by atoms with Gasteiger partial charge in [-0.15, -0.1) is 5.10 Å². The maximum Gasteiger partial charge on any atom is 0.0858 e. The first kappa shape index (κ1) is 14.1. The van der Waals surface area contributed by atoms with Gasteiger partial charge in [-0.05, 0) is 35.9 Å².